The lowest BCUT2D eigenvalue weighted by Crippen LogP contribution is -2.23. The van der Waals surface area contributed by atoms with Gasteiger partial charge in [-0.1, -0.05) is 48.9 Å². The van der Waals surface area contributed by atoms with Crippen LogP contribution in [0.1, 0.15) is 36.0 Å². The minimum atomic E-state index is -0.198. The summed E-state index contributed by atoms with van der Waals surface area (Å²) in [7, 11) is 0. The highest BCUT2D eigenvalue weighted by Crippen LogP contribution is 2.26. The van der Waals surface area contributed by atoms with Crippen LogP contribution >= 0.6 is 22.7 Å². The van der Waals surface area contributed by atoms with Gasteiger partial charge in [-0.25, -0.2) is 4.68 Å². The zero-order valence-corrected chi connectivity index (χ0v) is 22.9. The van der Waals surface area contributed by atoms with Crippen LogP contribution in [0.3, 0.4) is 0 Å². The summed E-state index contributed by atoms with van der Waals surface area (Å²) in [6, 6.07) is 21.9. The van der Waals surface area contributed by atoms with Crippen LogP contribution in [0, 0.1) is 0 Å². The maximum absolute atomic E-state index is 13.2. The van der Waals surface area contributed by atoms with Gasteiger partial charge in [0, 0.05) is 22.2 Å². The highest BCUT2D eigenvalue weighted by molar-refractivity contribution is 7.15. The van der Waals surface area contributed by atoms with E-state index in [0.29, 0.717) is 21.9 Å². The molecule has 6 rings (SSSR count). The summed E-state index contributed by atoms with van der Waals surface area (Å²) in [6.07, 6.45) is 9.70. The maximum atomic E-state index is 13.2. The number of fused-ring (bicyclic) bond motifs is 1. The van der Waals surface area contributed by atoms with Crippen LogP contribution in [-0.4, -0.2) is 31.0 Å². The Morgan fingerprint density at radius 1 is 0.974 bits per heavy atom. The molecular weight excluding hydrogens is 526 g/mol. The monoisotopic (exact) mass is 551 g/mol. The Hall–Kier alpha value is -4.34. The molecule has 194 valence electrons. The first kappa shape index (κ1) is 25.0. The SMILES string of the molecule is CCCCOc1ccc(-c2nn(-c3ccccc3)cc2/C=c2\sc3nc(/C=C/c4cccs4)nn3c2=O)cc1. The van der Waals surface area contributed by atoms with Gasteiger partial charge in [-0.3, -0.25) is 4.79 Å². The van der Waals surface area contributed by atoms with Crippen LogP contribution in [0.25, 0.3) is 40.1 Å². The molecule has 0 fully saturated rings. The molecule has 0 N–H and O–H groups in total. The molecule has 0 atom stereocenters. The third kappa shape index (κ3) is 5.45. The van der Waals surface area contributed by atoms with Crippen molar-refractivity contribution in [3.05, 3.63) is 109 Å². The topological polar surface area (TPSA) is 74.3 Å². The Balaban J connectivity index is 1.37. The summed E-state index contributed by atoms with van der Waals surface area (Å²) >= 11 is 2.95. The van der Waals surface area contributed by atoms with E-state index in [1.54, 1.807) is 11.3 Å². The van der Waals surface area contributed by atoms with E-state index in [0.717, 1.165) is 46.0 Å². The van der Waals surface area contributed by atoms with Crippen LogP contribution in [0.5, 0.6) is 5.75 Å². The van der Waals surface area contributed by atoms with E-state index in [-0.39, 0.29) is 5.56 Å². The number of ether oxygens (including phenoxy) is 1. The second-order valence-corrected chi connectivity index (χ2v) is 10.9. The van der Waals surface area contributed by atoms with Gasteiger partial charge >= 0.3 is 0 Å². The molecule has 2 aromatic carbocycles. The van der Waals surface area contributed by atoms with Gasteiger partial charge in [0.2, 0.25) is 4.96 Å². The van der Waals surface area contributed by atoms with Gasteiger partial charge in [0.15, 0.2) is 5.82 Å². The molecule has 0 aliphatic carbocycles. The average Bonchev–Trinajstić information content (AvgIpc) is 3.76. The van der Waals surface area contributed by atoms with Crippen LogP contribution in [-0.2, 0) is 0 Å². The Labute approximate surface area is 233 Å². The fourth-order valence-electron chi connectivity index (χ4n) is 4.08. The summed E-state index contributed by atoms with van der Waals surface area (Å²) in [6.45, 7) is 2.84. The number of thiophene rings is 1. The van der Waals surface area contributed by atoms with E-state index in [2.05, 4.69) is 17.0 Å². The lowest BCUT2D eigenvalue weighted by molar-refractivity contribution is 0.309. The van der Waals surface area contributed by atoms with E-state index in [9.17, 15) is 4.79 Å². The standard InChI is InChI=1S/C30H25N5O2S2/c1-2-3-17-37-24-13-11-21(12-14-24)28-22(20-34(33-28)23-8-5-4-6-9-23)19-26-29(36)35-30(39-26)31-27(32-35)16-15-25-10-7-18-38-25/h4-16,18-20H,2-3,17H2,1H3/b16-15+,26-19-. The molecule has 0 unspecified atom stereocenters. The predicted molar refractivity (Wildman–Crippen MR) is 159 cm³/mol. The Morgan fingerprint density at radius 2 is 1.82 bits per heavy atom. The minimum Gasteiger partial charge on any atom is -0.494 e. The molecule has 0 aliphatic rings. The van der Waals surface area contributed by atoms with Crippen molar-refractivity contribution in [2.24, 2.45) is 0 Å². The van der Waals surface area contributed by atoms with Crippen molar-refractivity contribution in [3.8, 4) is 22.7 Å². The molecule has 4 heterocycles. The highest BCUT2D eigenvalue weighted by atomic mass is 32.1. The lowest BCUT2D eigenvalue weighted by atomic mass is 10.1. The summed E-state index contributed by atoms with van der Waals surface area (Å²) in [5.74, 6) is 1.34. The Kier molecular flexibility index (Phi) is 7.16. The van der Waals surface area contributed by atoms with Gasteiger partial charge in [-0.15, -0.1) is 16.4 Å². The smallest absolute Gasteiger partial charge is 0.291 e. The van der Waals surface area contributed by atoms with Gasteiger partial charge in [0.05, 0.1) is 16.8 Å². The highest BCUT2D eigenvalue weighted by Gasteiger charge is 2.14. The largest absolute Gasteiger partial charge is 0.494 e. The maximum Gasteiger partial charge on any atom is 0.291 e. The number of benzene rings is 2. The molecule has 39 heavy (non-hydrogen) atoms. The van der Waals surface area contributed by atoms with Gasteiger partial charge in [-0.2, -0.15) is 14.6 Å². The molecule has 0 saturated carbocycles. The molecule has 7 nitrogen and oxygen atoms in total. The number of hydrogen-bond donors (Lipinski definition) is 0. The van der Waals surface area contributed by atoms with Crippen LogP contribution in [0.2, 0.25) is 0 Å². The number of aromatic nitrogens is 5. The van der Waals surface area contributed by atoms with E-state index in [1.165, 1.54) is 15.9 Å². The number of rotatable bonds is 9. The molecule has 6 aromatic rings. The number of nitrogens with zero attached hydrogens (tertiary/aromatic N) is 5. The second-order valence-electron chi connectivity index (χ2n) is 8.87. The van der Waals surface area contributed by atoms with Crippen LogP contribution in [0.4, 0.5) is 0 Å². The summed E-state index contributed by atoms with van der Waals surface area (Å²) in [5.41, 5.74) is 3.28. The third-order valence-corrected chi connectivity index (χ3v) is 7.88. The quantitative estimate of drug-likeness (QED) is 0.207. The van der Waals surface area contributed by atoms with Crippen molar-refractivity contribution in [2.75, 3.05) is 6.61 Å². The average molecular weight is 552 g/mol. The molecule has 0 bridgehead atoms. The molecule has 9 heteroatoms. The zero-order valence-electron chi connectivity index (χ0n) is 21.2. The van der Waals surface area contributed by atoms with Crippen molar-refractivity contribution in [1.29, 1.82) is 0 Å². The Bertz CT molecular complexity index is 1830. The molecule has 0 spiro atoms. The lowest BCUT2D eigenvalue weighted by Gasteiger charge is -2.06. The first-order chi connectivity index (χ1) is 19.2. The molecular formula is C30H25N5O2S2. The number of para-hydroxylation sites is 1. The van der Waals surface area contributed by atoms with Crippen LogP contribution < -0.4 is 14.8 Å². The van der Waals surface area contributed by atoms with Gasteiger partial charge in [0.25, 0.3) is 5.56 Å². The second kappa shape index (κ2) is 11.2. The molecule has 0 aliphatic heterocycles. The van der Waals surface area contributed by atoms with E-state index < -0.39 is 0 Å². The summed E-state index contributed by atoms with van der Waals surface area (Å²) < 4.78 is 9.58. The molecule has 0 saturated heterocycles. The molecule has 4 aromatic heterocycles. The molecule has 0 amide bonds. The van der Waals surface area contributed by atoms with Crippen molar-refractivity contribution < 1.29 is 4.74 Å². The summed E-state index contributed by atoms with van der Waals surface area (Å²) in [5, 5.41) is 11.3. The number of hydrogen-bond acceptors (Lipinski definition) is 7. The van der Waals surface area contributed by atoms with Crippen molar-refractivity contribution >= 4 is 45.9 Å². The fraction of sp³-hybridized carbons (Fsp3) is 0.133. The first-order valence-electron chi connectivity index (χ1n) is 12.7. The Morgan fingerprint density at radius 3 is 2.56 bits per heavy atom. The normalized spacial score (nSPS) is 12.2. The minimum absolute atomic E-state index is 0.198. The predicted octanol–water partition coefficient (Wildman–Crippen LogP) is 5.96. The van der Waals surface area contributed by atoms with E-state index in [1.807, 2.05) is 101 Å². The first-order valence-corrected chi connectivity index (χ1v) is 14.4. The van der Waals surface area contributed by atoms with E-state index in [4.69, 9.17) is 9.84 Å². The van der Waals surface area contributed by atoms with E-state index >= 15 is 0 Å². The van der Waals surface area contributed by atoms with Gasteiger partial charge in [-0.05, 0) is 72.5 Å². The van der Waals surface area contributed by atoms with Crippen molar-refractivity contribution in [2.45, 2.75) is 19.8 Å². The third-order valence-electron chi connectivity index (χ3n) is 6.08. The number of thiazole rings is 1. The zero-order chi connectivity index (χ0) is 26.6. The fourth-order valence-corrected chi connectivity index (χ4v) is 5.60. The number of unbranched alkanes of at least 4 members (excludes halogenated alkanes) is 1. The van der Waals surface area contributed by atoms with Crippen molar-refractivity contribution in [3.63, 3.8) is 0 Å². The van der Waals surface area contributed by atoms with Gasteiger partial charge < -0.3 is 4.74 Å². The van der Waals surface area contributed by atoms with Crippen LogP contribution in [0.15, 0.2) is 83.1 Å². The van der Waals surface area contributed by atoms with Gasteiger partial charge in [0.1, 0.15) is 11.4 Å². The van der Waals surface area contributed by atoms with Crippen molar-refractivity contribution in [1.82, 2.24) is 24.4 Å². The summed E-state index contributed by atoms with van der Waals surface area (Å²) in [4.78, 5) is 19.5. The molecule has 0 radical (unpaired) electrons.